The number of rotatable bonds is 16. The number of carboxylic acid groups (broad SMARTS) is 2. The first kappa shape index (κ1) is 31.0. The van der Waals surface area contributed by atoms with E-state index in [-0.39, 0.29) is 31.6 Å². The molecule has 0 bridgehead atoms. The van der Waals surface area contributed by atoms with E-state index in [0.29, 0.717) is 5.56 Å². The van der Waals surface area contributed by atoms with E-state index in [4.69, 9.17) is 16.6 Å². The lowest BCUT2D eigenvalue weighted by Crippen LogP contribution is -2.57. The second-order valence-corrected chi connectivity index (χ2v) is 9.05. The van der Waals surface area contributed by atoms with Crippen LogP contribution >= 0.6 is 0 Å². The van der Waals surface area contributed by atoms with Crippen LogP contribution in [0.2, 0.25) is 0 Å². The third-order valence-corrected chi connectivity index (χ3v) is 5.28. The second kappa shape index (κ2) is 15.2. The van der Waals surface area contributed by atoms with Gasteiger partial charge in [-0.3, -0.25) is 24.0 Å². The molecule has 1 rings (SSSR count). The molecule has 0 radical (unpaired) electrons. The summed E-state index contributed by atoms with van der Waals surface area (Å²) in [7, 11) is 0. The summed E-state index contributed by atoms with van der Waals surface area (Å²) in [6, 6.07) is 3.46. The van der Waals surface area contributed by atoms with Crippen LogP contribution in [-0.4, -0.2) is 69.9 Å². The van der Waals surface area contributed by atoms with Crippen LogP contribution in [0.5, 0.6) is 0 Å². The number of carboxylic acids is 2. The van der Waals surface area contributed by atoms with Crippen molar-refractivity contribution in [1.29, 1.82) is 0 Å². The molecule has 1 aromatic carbocycles. The van der Waals surface area contributed by atoms with Crippen molar-refractivity contribution < 1.29 is 39.0 Å². The van der Waals surface area contributed by atoms with Gasteiger partial charge in [-0.05, 0) is 24.3 Å². The lowest BCUT2D eigenvalue weighted by atomic mass is 10.0. The summed E-state index contributed by atoms with van der Waals surface area (Å²) in [4.78, 5) is 72.2. The SMILES string of the molecule is CC(C)CC(NC(=O)C(CCC(N)=O)NC(=O)C(N)CC(=O)O)C(=O)NC(Cc1ccccc1)C(=O)O. The van der Waals surface area contributed by atoms with Crippen LogP contribution in [0.15, 0.2) is 30.3 Å². The molecule has 0 spiro atoms. The summed E-state index contributed by atoms with van der Waals surface area (Å²) in [6.07, 6.45) is -1.04. The van der Waals surface area contributed by atoms with Crippen LogP contribution in [0.1, 0.15) is 45.1 Å². The van der Waals surface area contributed by atoms with E-state index in [9.17, 15) is 33.9 Å². The molecule has 4 unspecified atom stereocenters. The topological polar surface area (TPSA) is 231 Å². The molecular weight excluding hydrogens is 486 g/mol. The molecular formula is C24H35N5O8. The standard InChI is InChI=1S/C24H35N5O8/c1-13(2)10-17(23(35)29-18(24(36)37)11-14-6-4-3-5-7-14)28-22(34)16(8-9-19(26)30)27-21(33)15(25)12-20(31)32/h3-7,13,15-18H,8-12,25H2,1-2H3,(H2,26,30)(H,27,33)(H,28,34)(H,29,35)(H,31,32)(H,36,37). The van der Waals surface area contributed by atoms with Crippen molar-refractivity contribution in [2.75, 3.05) is 0 Å². The van der Waals surface area contributed by atoms with E-state index in [1.807, 2.05) is 0 Å². The zero-order chi connectivity index (χ0) is 28.1. The first-order chi connectivity index (χ1) is 17.3. The van der Waals surface area contributed by atoms with Crippen molar-refractivity contribution in [3.63, 3.8) is 0 Å². The predicted molar refractivity (Wildman–Crippen MR) is 132 cm³/mol. The van der Waals surface area contributed by atoms with Crippen molar-refractivity contribution in [1.82, 2.24) is 16.0 Å². The molecule has 4 amide bonds. The van der Waals surface area contributed by atoms with Gasteiger partial charge in [-0.15, -0.1) is 0 Å². The molecule has 0 aliphatic rings. The van der Waals surface area contributed by atoms with Crippen molar-refractivity contribution >= 4 is 35.6 Å². The Morgan fingerprint density at radius 2 is 1.38 bits per heavy atom. The Labute approximate surface area is 214 Å². The second-order valence-electron chi connectivity index (χ2n) is 9.05. The fourth-order valence-electron chi connectivity index (χ4n) is 3.41. The van der Waals surface area contributed by atoms with E-state index < -0.39 is 66.2 Å². The van der Waals surface area contributed by atoms with Gasteiger partial charge in [-0.2, -0.15) is 0 Å². The average molecular weight is 522 g/mol. The zero-order valence-electron chi connectivity index (χ0n) is 20.8. The lowest BCUT2D eigenvalue weighted by molar-refractivity contribution is -0.142. The summed E-state index contributed by atoms with van der Waals surface area (Å²) >= 11 is 0. The van der Waals surface area contributed by atoms with Crippen molar-refractivity contribution in [3.05, 3.63) is 35.9 Å². The number of carbonyl (C=O) groups is 6. The molecule has 204 valence electrons. The van der Waals surface area contributed by atoms with Gasteiger partial charge >= 0.3 is 11.9 Å². The number of nitrogens with two attached hydrogens (primary N) is 2. The number of hydrogen-bond donors (Lipinski definition) is 7. The van der Waals surface area contributed by atoms with E-state index >= 15 is 0 Å². The molecule has 13 heteroatoms. The largest absolute Gasteiger partial charge is 0.481 e. The molecule has 0 saturated carbocycles. The summed E-state index contributed by atoms with van der Waals surface area (Å²) in [5.41, 5.74) is 11.4. The van der Waals surface area contributed by atoms with Gasteiger partial charge in [0.05, 0.1) is 12.5 Å². The normalized spacial score (nSPS) is 14.1. The monoisotopic (exact) mass is 521 g/mol. The van der Waals surface area contributed by atoms with Gasteiger partial charge in [-0.25, -0.2) is 4.79 Å². The Hall–Kier alpha value is -4.00. The summed E-state index contributed by atoms with van der Waals surface area (Å²) < 4.78 is 0. The van der Waals surface area contributed by atoms with Crippen LogP contribution in [-0.2, 0) is 35.2 Å². The smallest absolute Gasteiger partial charge is 0.326 e. The highest BCUT2D eigenvalue weighted by molar-refractivity contribution is 5.95. The number of primary amides is 1. The first-order valence-electron chi connectivity index (χ1n) is 11.7. The molecule has 0 saturated heterocycles. The fraction of sp³-hybridized carbons (Fsp3) is 0.500. The molecule has 37 heavy (non-hydrogen) atoms. The maximum Gasteiger partial charge on any atom is 0.326 e. The highest BCUT2D eigenvalue weighted by atomic mass is 16.4. The predicted octanol–water partition coefficient (Wildman–Crippen LogP) is -1.12. The van der Waals surface area contributed by atoms with Crippen molar-refractivity contribution in [2.24, 2.45) is 17.4 Å². The van der Waals surface area contributed by atoms with Crippen molar-refractivity contribution in [3.8, 4) is 0 Å². The van der Waals surface area contributed by atoms with Crippen molar-refractivity contribution in [2.45, 2.75) is 70.1 Å². The number of hydrogen-bond acceptors (Lipinski definition) is 7. The summed E-state index contributed by atoms with van der Waals surface area (Å²) in [5, 5.41) is 25.7. The van der Waals surface area contributed by atoms with Crippen LogP contribution in [0.25, 0.3) is 0 Å². The minimum atomic E-state index is -1.45. The minimum Gasteiger partial charge on any atom is -0.481 e. The molecule has 0 aliphatic carbocycles. The van der Waals surface area contributed by atoms with E-state index in [1.165, 1.54) is 0 Å². The third kappa shape index (κ3) is 12.0. The van der Waals surface area contributed by atoms with Gasteiger partial charge in [0.25, 0.3) is 0 Å². The maximum atomic E-state index is 13.0. The Morgan fingerprint density at radius 1 is 0.838 bits per heavy atom. The minimum absolute atomic E-state index is 0.0169. The van der Waals surface area contributed by atoms with Gasteiger partial charge in [0.1, 0.15) is 18.1 Å². The number of benzene rings is 1. The Balaban J connectivity index is 3.03. The molecule has 4 atom stereocenters. The van der Waals surface area contributed by atoms with E-state index in [2.05, 4.69) is 16.0 Å². The summed E-state index contributed by atoms with van der Waals surface area (Å²) in [6.45, 7) is 3.59. The number of nitrogens with one attached hydrogen (secondary N) is 3. The third-order valence-electron chi connectivity index (χ3n) is 5.28. The van der Waals surface area contributed by atoms with Crippen LogP contribution in [0.4, 0.5) is 0 Å². The number of amides is 4. The van der Waals surface area contributed by atoms with Crippen LogP contribution in [0.3, 0.4) is 0 Å². The molecule has 0 aromatic heterocycles. The lowest BCUT2D eigenvalue weighted by Gasteiger charge is -2.26. The highest BCUT2D eigenvalue weighted by Gasteiger charge is 2.31. The zero-order valence-corrected chi connectivity index (χ0v) is 20.8. The van der Waals surface area contributed by atoms with Gasteiger partial charge in [-0.1, -0.05) is 44.2 Å². The quantitative estimate of drug-likeness (QED) is 0.139. The van der Waals surface area contributed by atoms with E-state index in [1.54, 1.807) is 44.2 Å². The summed E-state index contributed by atoms with van der Waals surface area (Å²) in [5.74, 6) is -5.94. The molecule has 0 aliphatic heterocycles. The van der Waals surface area contributed by atoms with Gasteiger partial charge in [0, 0.05) is 12.8 Å². The van der Waals surface area contributed by atoms with Gasteiger partial charge < -0.3 is 37.6 Å². The Morgan fingerprint density at radius 3 is 1.89 bits per heavy atom. The molecule has 0 fully saturated rings. The molecule has 13 nitrogen and oxygen atoms in total. The van der Waals surface area contributed by atoms with Gasteiger partial charge in [0.15, 0.2) is 0 Å². The molecule has 9 N–H and O–H groups in total. The van der Waals surface area contributed by atoms with Gasteiger partial charge in [0.2, 0.25) is 23.6 Å². The maximum absolute atomic E-state index is 13.0. The number of carbonyl (C=O) groups excluding carboxylic acids is 4. The molecule has 0 heterocycles. The Bertz CT molecular complexity index is 969. The van der Waals surface area contributed by atoms with Crippen LogP contribution in [0, 0.1) is 5.92 Å². The highest BCUT2D eigenvalue weighted by Crippen LogP contribution is 2.09. The fourth-order valence-corrected chi connectivity index (χ4v) is 3.41. The number of aliphatic carboxylic acids is 2. The first-order valence-corrected chi connectivity index (χ1v) is 11.7. The van der Waals surface area contributed by atoms with Crippen LogP contribution < -0.4 is 27.4 Å². The Kier molecular flexibility index (Phi) is 12.7. The average Bonchev–Trinajstić information content (AvgIpc) is 2.80. The van der Waals surface area contributed by atoms with E-state index in [0.717, 1.165) is 0 Å². The molecule has 1 aromatic rings.